The molecule has 0 fully saturated rings. The maximum absolute atomic E-state index is 12.8. The number of benzene rings is 3. The van der Waals surface area contributed by atoms with Crippen LogP contribution in [0.4, 0.5) is 0 Å². The molecule has 0 aliphatic heterocycles. The van der Waals surface area contributed by atoms with Gasteiger partial charge in [0.2, 0.25) is 10.0 Å². The summed E-state index contributed by atoms with van der Waals surface area (Å²) >= 11 is 0. The summed E-state index contributed by atoms with van der Waals surface area (Å²) in [4.78, 5) is 0.225. The highest BCUT2D eigenvalue weighted by Gasteiger charge is 2.21. The fraction of sp³-hybridized carbons (Fsp3) is 0.143. The third-order valence-corrected chi connectivity index (χ3v) is 5.87. The average molecular weight is 383 g/mol. The summed E-state index contributed by atoms with van der Waals surface area (Å²) in [6.45, 7) is 0.236. The minimum Gasteiger partial charge on any atom is -0.497 e. The smallest absolute Gasteiger partial charge is 0.243 e. The summed E-state index contributed by atoms with van der Waals surface area (Å²) in [7, 11) is -0.495. The van der Waals surface area contributed by atoms with Gasteiger partial charge in [-0.3, -0.25) is 0 Å². The molecule has 140 valence electrons. The van der Waals surface area contributed by atoms with E-state index in [1.165, 1.54) is 4.31 Å². The summed E-state index contributed by atoms with van der Waals surface area (Å²) in [5.74, 6) is 2.00. The van der Waals surface area contributed by atoms with Gasteiger partial charge in [0, 0.05) is 13.6 Å². The third-order valence-electron chi connectivity index (χ3n) is 4.05. The molecule has 0 saturated heterocycles. The largest absolute Gasteiger partial charge is 0.497 e. The predicted molar refractivity (Wildman–Crippen MR) is 105 cm³/mol. The normalized spacial score (nSPS) is 11.4. The minimum absolute atomic E-state index is 0.225. The lowest BCUT2D eigenvalue weighted by Gasteiger charge is -2.18. The van der Waals surface area contributed by atoms with Crippen LogP contribution in [0.15, 0.2) is 83.8 Å². The van der Waals surface area contributed by atoms with E-state index in [1.54, 1.807) is 38.4 Å². The number of ether oxygens (including phenoxy) is 2. The molecule has 3 aromatic rings. The van der Waals surface area contributed by atoms with Gasteiger partial charge in [-0.1, -0.05) is 30.3 Å². The van der Waals surface area contributed by atoms with Gasteiger partial charge in [0.25, 0.3) is 0 Å². The van der Waals surface area contributed by atoms with E-state index in [0.29, 0.717) is 11.5 Å². The van der Waals surface area contributed by atoms with Crippen LogP contribution in [0.5, 0.6) is 17.2 Å². The van der Waals surface area contributed by atoms with Gasteiger partial charge < -0.3 is 9.47 Å². The fourth-order valence-electron chi connectivity index (χ4n) is 2.60. The molecule has 0 aliphatic rings. The molecule has 0 N–H and O–H groups in total. The molecule has 0 heterocycles. The van der Waals surface area contributed by atoms with Crippen molar-refractivity contribution >= 4 is 10.0 Å². The zero-order valence-corrected chi connectivity index (χ0v) is 16.0. The molecular formula is C21H21NO4S. The van der Waals surface area contributed by atoms with Gasteiger partial charge in [0.1, 0.15) is 17.2 Å². The molecule has 5 nitrogen and oxygen atoms in total. The van der Waals surface area contributed by atoms with Crippen LogP contribution in [-0.4, -0.2) is 26.9 Å². The zero-order chi connectivity index (χ0) is 19.3. The van der Waals surface area contributed by atoms with E-state index < -0.39 is 10.0 Å². The highest BCUT2D eigenvalue weighted by Crippen LogP contribution is 2.24. The van der Waals surface area contributed by atoms with Crippen LogP contribution < -0.4 is 9.47 Å². The number of nitrogens with zero attached hydrogens (tertiary/aromatic N) is 1. The van der Waals surface area contributed by atoms with Crippen LogP contribution in [0.1, 0.15) is 5.56 Å². The van der Waals surface area contributed by atoms with Crippen LogP contribution in [0.25, 0.3) is 0 Å². The lowest BCUT2D eigenvalue weighted by molar-refractivity contribution is 0.414. The molecule has 3 aromatic carbocycles. The van der Waals surface area contributed by atoms with Gasteiger partial charge >= 0.3 is 0 Å². The van der Waals surface area contributed by atoms with Crippen molar-refractivity contribution in [2.75, 3.05) is 14.2 Å². The highest BCUT2D eigenvalue weighted by atomic mass is 32.2. The highest BCUT2D eigenvalue weighted by molar-refractivity contribution is 7.89. The number of para-hydroxylation sites is 1. The standard InChI is InChI=1S/C21H21NO4S/c1-22(27(23,24)21-13-11-18(25-2)12-14-21)16-17-7-6-10-20(15-17)26-19-8-4-3-5-9-19/h3-15H,16H2,1-2H3. The monoisotopic (exact) mass is 383 g/mol. The Kier molecular flexibility index (Phi) is 5.78. The summed E-state index contributed by atoms with van der Waals surface area (Å²) in [5.41, 5.74) is 0.836. The molecule has 0 spiro atoms. The van der Waals surface area contributed by atoms with Crippen LogP contribution in [0.3, 0.4) is 0 Å². The van der Waals surface area contributed by atoms with Crippen molar-refractivity contribution in [3.8, 4) is 17.2 Å². The van der Waals surface area contributed by atoms with E-state index in [2.05, 4.69) is 0 Å². The molecule has 0 atom stereocenters. The average Bonchev–Trinajstić information content (AvgIpc) is 2.69. The van der Waals surface area contributed by atoms with Gasteiger partial charge in [-0.05, 0) is 54.1 Å². The lowest BCUT2D eigenvalue weighted by Crippen LogP contribution is -2.26. The fourth-order valence-corrected chi connectivity index (χ4v) is 3.76. The van der Waals surface area contributed by atoms with Crippen molar-refractivity contribution in [3.05, 3.63) is 84.4 Å². The molecule has 0 radical (unpaired) electrons. The number of hydrogen-bond donors (Lipinski definition) is 0. The Balaban J connectivity index is 1.74. The number of rotatable bonds is 7. The lowest BCUT2D eigenvalue weighted by atomic mass is 10.2. The Morgan fingerprint density at radius 1 is 0.815 bits per heavy atom. The summed E-state index contributed by atoms with van der Waals surface area (Å²) < 4.78 is 37.7. The number of methoxy groups -OCH3 is 1. The Hall–Kier alpha value is -2.83. The van der Waals surface area contributed by atoms with Gasteiger partial charge in [-0.25, -0.2) is 8.42 Å². The first-order valence-electron chi connectivity index (χ1n) is 8.41. The van der Waals surface area contributed by atoms with Crippen LogP contribution in [0.2, 0.25) is 0 Å². The van der Waals surface area contributed by atoms with E-state index in [-0.39, 0.29) is 11.4 Å². The minimum atomic E-state index is -3.60. The molecule has 0 amide bonds. The number of sulfonamides is 1. The SMILES string of the molecule is COc1ccc(S(=O)(=O)N(C)Cc2cccc(Oc3ccccc3)c2)cc1. The van der Waals surface area contributed by atoms with Crippen LogP contribution in [0, 0.1) is 0 Å². The molecule has 0 aliphatic carbocycles. The molecule has 0 saturated carbocycles. The first-order valence-corrected chi connectivity index (χ1v) is 9.85. The van der Waals surface area contributed by atoms with Gasteiger partial charge in [0.05, 0.1) is 12.0 Å². The van der Waals surface area contributed by atoms with E-state index in [4.69, 9.17) is 9.47 Å². The first kappa shape index (κ1) is 18.9. The molecule has 3 rings (SSSR count). The van der Waals surface area contributed by atoms with Crippen molar-refractivity contribution in [2.24, 2.45) is 0 Å². The summed E-state index contributed by atoms with van der Waals surface area (Å²) in [5, 5.41) is 0. The summed E-state index contributed by atoms with van der Waals surface area (Å²) in [6.07, 6.45) is 0. The van der Waals surface area contributed by atoms with Crippen molar-refractivity contribution in [1.82, 2.24) is 4.31 Å². The quantitative estimate of drug-likeness (QED) is 0.610. The molecule has 0 unspecified atom stereocenters. The number of hydrogen-bond acceptors (Lipinski definition) is 4. The Morgan fingerprint density at radius 2 is 1.48 bits per heavy atom. The maximum atomic E-state index is 12.8. The second kappa shape index (κ2) is 8.24. The zero-order valence-electron chi connectivity index (χ0n) is 15.2. The maximum Gasteiger partial charge on any atom is 0.243 e. The molecule has 0 aromatic heterocycles. The molecule has 0 bridgehead atoms. The molecular weight excluding hydrogens is 362 g/mol. The van der Waals surface area contributed by atoms with Gasteiger partial charge in [-0.2, -0.15) is 4.31 Å². The Bertz CT molecular complexity index is 986. The Morgan fingerprint density at radius 3 is 2.15 bits per heavy atom. The van der Waals surface area contributed by atoms with E-state index in [1.807, 2.05) is 54.6 Å². The van der Waals surface area contributed by atoms with Gasteiger partial charge in [0.15, 0.2) is 0 Å². The summed E-state index contributed by atoms with van der Waals surface area (Å²) in [6, 6.07) is 23.2. The van der Waals surface area contributed by atoms with E-state index >= 15 is 0 Å². The van der Waals surface area contributed by atoms with Crippen molar-refractivity contribution in [3.63, 3.8) is 0 Å². The second-order valence-electron chi connectivity index (χ2n) is 6.00. The molecule has 27 heavy (non-hydrogen) atoms. The van der Waals surface area contributed by atoms with Crippen molar-refractivity contribution in [2.45, 2.75) is 11.4 Å². The topological polar surface area (TPSA) is 55.8 Å². The van der Waals surface area contributed by atoms with Crippen LogP contribution in [-0.2, 0) is 16.6 Å². The van der Waals surface area contributed by atoms with Crippen LogP contribution >= 0.6 is 0 Å². The van der Waals surface area contributed by atoms with Gasteiger partial charge in [-0.15, -0.1) is 0 Å². The van der Waals surface area contributed by atoms with E-state index in [9.17, 15) is 8.42 Å². The van der Waals surface area contributed by atoms with E-state index in [0.717, 1.165) is 11.3 Å². The second-order valence-corrected chi connectivity index (χ2v) is 8.04. The predicted octanol–water partition coefficient (Wildman–Crippen LogP) is 4.31. The third kappa shape index (κ3) is 4.67. The molecule has 6 heteroatoms. The first-order chi connectivity index (χ1) is 13.0. The van der Waals surface area contributed by atoms with Crippen molar-refractivity contribution in [1.29, 1.82) is 0 Å². The van der Waals surface area contributed by atoms with Crippen molar-refractivity contribution < 1.29 is 17.9 Å². The Labute approximate surface area is 159 Å².